The highest BCUT2D eigenvalue weighted by Crippen LogP contribution is 2.20. The monoisotopic (exact) mass is 344 g/mol. The van der Waals surface area contributed by atoms with Crippen LogP contribution < -0.4 is 0 Å². The summed E-state index contributed by atoms with van der Waals surface area (Å²) in [6, 6.07) is 7.47. The molecular formula is C18H21FN4O2. The van der Waals surface area contributed by atoms with Crippen LogP contribution in [0.25, 0.3) is 11.3 Å². The highest BCUT2D eigenvalue weighted by atomic mass is 19.1. The van der Waals surface area contributed by atoms with Crippen molar-refractivity contribution in [1.29, 1.82) is 0 Å². The van der Waals surface area contributed by atoms with Crippen LogP contribution in [0.1, 0.15) is 19.9 Å². The molecule has 1 aromatic heterocycles. The van der Waals surface area contributed by atoms with E-state index in [-0.39, 0.29) is 17.6 Å². The minimum atomic E-state index is -0.432. The van der Waals surface area contributed by atoms with Gasteiger partial charge in [0.05, 0.1) is 5.69 Å². The molecule has 0 N–H and O–H groups in total. The van der Waals surface area contributed by atoms with Gasteiger partial charge in [-0.05, 0) is 37.3 Å². The molecule has 7 heteroatoms. The Labute approximate surface area is 145 Å². The predicted molar refractivity (Wildman–Crippen MR) is 91.2 cm³/mol. The third kappa shape index (κ3) is 3.70. The number of hydrogen-bond acceptors (Lipinski definition) is 3. The second-order valence-electron chi connectivity index (χ2n) is 6.20. The zero-order valence-electron chi connectivity index (χ0n) is 14.4. The van der Waals surface area contributed by atoms with Gasteiger partial charge < -0.3 is 9.80 Å². The lowest BCUT2D eigenvalue weighted by Crippen LogP contribution is -2.51. The number of carbonyl (C=O) groups excluding carboxylic acids is 2. The Morgan fingerprint density at radius 2 is 1.64 bits per heavy atom. The second kappa shape index (κ2) is 7.04. The fourth-order valence-corrected chi connectivity index (χ4v) is 2.95. The molecule has 1 aromatic carbocycles. The summed E-state index contributed by atoms with van der Waals surface area (Å²) in [5, 5.41) is 4.45. The zero-order valence-corrected chi connectivity index (χ0v) is 14.4. The molecule has 0 spiro atoms. The van der Waals surface area contributed by atoms with Crippen molar-refractivity contribution in [2.45, 2.75) is 19.9 Å². The van der Waals surface area contributed by atoms with E-state index in [1.165, 1.54) is 12.1 Å². The number of piperazine rings is 1. The van der Waals surface area contributed by atoms with Crippen LogP contribution >= 0.6 is 0 Å². The molecule has 6 nitrogen and oxygen atoms in total. The predicted octanol–water partition coefficient (Wildman–Crippen LogP) is 1.94. The normalized spacial score (nSPS) is 16.0. The van der Waals surface area contributed by atoms with Gasteiger partial charge in [-0.2, -0.15) is 5.10 Å². The molecule has 1 aliphatic rings. The molecule has 0 aliphatic carbocycles. The van der Waals surface area contributed by atoms with Crippen molar-refractivity contribution >= 4 is 11.8 Å². The quantitative estimate of drug-likeness (QED) is 0.855. The number of halogens is 1. The molecule has 0 bridgehead atoms. The molecule has 2 amide bonds. The first kappa shape index (κ1) is 17.1. The van der Waals surface area contributed by atoms with E-state index in [9.17, 15) is 14.0 Å². The van der Waals surface area contributed by atoms with Gasteiger partial charge in [-0.25, -0.2) is 4.39 Å². The number of hydrogen-bond donors (Lipinski definition) is 0. The molecule has 132 valence electrons. The van der Waals surface area contributed by atoms with E-state index in [2.05, 4.69) is 5.10 Å². The lowest BCUT2D eigenvalue weighted by molar-refractivity contribution is -0.140. The number of aromatic nitrogens is 2. The molecule has 3 rings (SSSR count). The van der Waals surface area contributed by atoms with Gasteiger partial charge in [0.25, 0.3) is 0 Å². The van der Waals surface area contributed by atoms with Gasteiger partial charge in [0.15, 0.2) is 0 Å². The third-order valence-corrected chi connectivity index (χ3v) is 4.54. The van der Waals surface area contributed by atoms with Crippen LogP contribution in [0, 0.1) is 5.82 Å². The van der Waals surface area contributed by atoms with Crippen molar-refractivity contribution in [2.75, 3.05) is 26.2 Å². The summed E-state index contributed by atoms with van der Waals surface area (Å²) in [5.41, 5.74) is 1.50. The maximum atomic E-state index is 13.0. The summed E-state index contributed by atoms with van der Waals surface area (Å²) in [6.45, 7) is 5.55. The topological polar surface area (TPSA) is 58.4 Å². The zero-order chi connectivity index (χ0) is 18.0. The molecule has 1 atom stereocenters. The molecule has 1 saturated heterocycles. The average molecular weight is 344 g/mol. The largest absolute Gasteiger partial charge is 0.339 e. The number of amides is 2. The van der Waals surface area contributed by atoms with Crippen molar-refractivity contribution < 1.29 is 14.0 Å². The molecule has 0 saturated carbocycles. The summed E-state index contributed by atoms with van der Waals surface area (Å²) in [7, 11) is 0. The molecule has 1 aliphatic heterocycles. The standard InChI is InChI=1S/C18H21FN4O2/c1-13(18(25)22-11-9-21(10-12-22)14(2)24)23-8-7-17(20-23)15-3-5-16(19)6-4-15/h3-8,13H,9-12H2,1-2H3. The van der Waals surface area contributed by atoms with Crippen molar-refractivity contribution in [1.82, 2.24) is 19.6 Å². The van der Waals surface area contributed by atoms with Crippen LogP contribution in [0.5, 0.6) is 0 Å². The van der Waals surface area contributed by atoms with Crippen molar-refractivity contribution in [2.24, 2.45) is 0 Å². The van der Waals surface area contributed by atoms with Crippen molar-refractivity contribution in [3.63, 3.8) is 0 Å². The molecule has 2 heterocycles. The molecule has 1 unspecified atom stereocenters. The maximum Gasteiger partial charge on any atom is 0.247 e. The fourth-order valence-electron chi connectivity index (χ4n) is 2.95. The maximum absolute atomic E-state index is 13.0. The Balaban J connectivity index is 1.67. The average Bonchev–Trinajstić information content (AvgIpc) is 3.11. The van der Waals surface area contributed by atoms with Crippen LogP contribution in [0.15, 0.2) is 36.5 Å². The summed E-state index contributed by atoms with van der Waals surface area (Å²) < 4.78 is 14.6. The number of benzene rings is 1. The molecule has 25 heavy (non-hydrogen) atoms. The van der Waals surface area contributed by atoms with Gasteiger partial charge in [-0.3, -0.25) is 14.3 Å². The second-order valence-corrected chi connectivity index (χ2v) is 6.20. The van der Waals surface area contributed by atoms with Crippen LogP contribution in [0.3, 0.4) is 0 Å². The van der Waals surface area contributed by atoms with Crippen LogP contribution in [-0.4, -0.2) is 57.6 Å². The summed E-state index contributed by atoms with van der Waals surface area (Å²) >= 11 is 0. The highest BCUT2D eigenvalue weighted by Gasteiger charge is 2.27. The molecule has 1 fully saturated rings. The van der Waals surface area contributed by atoms with Crippen LogP contribution in [0.4, 0.5) is 4.39 Å². The minimum absolute atomic E-state index is 0.0167. The minimum Gasteiger partial charge on any atom is -0.339 e. The van der Waals surface area contributed by atoms with Gasteiger partial charge in [-0.15, -0.1) is 0 Å². The first-order valence-corrected chi connectivity index (χ1v) is 8.31. The molecule has 0 radical (unpaired) electrons. The van der Waals surface area contributed by atoms with Gasteiger partial charge in [0, 0.05) is 44.9 Å². The lowest BCUT2D eigenvalue weighted by atomic mass is 10.1. The molecular weight excluding hydrogens is 323 g/mol. The Kier molecular flexibility index (Phi) is 4.83. The first-order chi connectivity index (χ1) is 12.0. The number of nitrogens with zero attached hydrogens (tertiary/aromatic N) is 4. The highest BCUT2D eigenvalue weighted by molar-refractivity contribution is 5.80. The smallest absolute Gasteiger partial charge is 0.247 e. The number of rotatable bonds is 3. The van der Waals surface area contributed by atoms with Crippen molar-refractivity contribution in [3.05, 3.63) is 42.3 Å². The van der Waals surface area contributed by atoms with Crippen molar-refractivity contribution in [3.8, 4) is 11.3 Å². The Hall–Kier alpha value is -2.70. The van der Waals surface area contributed by atoms with E-state index in [1.807, 2.05) is 6.07 Å². The van der Waals surface area contributed by atoms with E-state index in [4.69, 9.17) is 0 Å². The summed E-state index contributed by atoms with van der Waals surface area (Å²) in [5.74, 6) is -0.274. The van der Waals surface area contributed by atoms with Gasteiger partial charge in [-0.1, -0.05) is 0 Å². The van der Waals surface area contributed by atoms with E-state index in [1.54, 1.807) is 46.7 Å². The Bertz CT molecular complexity index is 764. The SMILES string of the molecule is CC(=O)N1CCN(C(=O)C(C)n2ccc(-c3ccc(F)cc3)n2)CC1. The van der Waals surface area contributed by atoms with Gasteiger partial charge in [0.2, 0.25) is 11.8 Å². The Morgan fingerprint density at radius 1 is 1.04 bits per heavy atom. The lowest BCUT2D eigenvalue weighted by Gasteiger charge is -2.35. The number of carbonyl (C=O) groups is 2. The van der Waals surface area contributed by atoms with E-state index in [0.29, 0.717) is 31.9 Å². The van der Waals surface area contributed by atoms with Crippen LogP contribution in [0.2, 0.25) is 0 Å². The van der Waals surface area contributed by atoms with Gasteiger partial charge >= 0.3 is 0 Å². The summed E-state index contributed by atoms with van der Waals surface area (Å²) in [6.07, 6.45) is 1.76. The Morgan fingerprint density at radius 3 is 2.24 bits per heavy atom. The molecule has 2 aromatic rings. The summed E-state index contributed by atoms with van der Waals surface area (Å²) in [4.78, 5) is 27.6. The van der Waals surface area contributed by atoms with Crippen LogP contribution in [-0.2, 0) is 9.59 Å². The van der Waals surface area contributed by atoms with Gasteiger partial charge in [0.1, 0.15) is 11.9 Å². The third-order valence-electron chi connectivity index (χ3n) is 4.54. The van der Waals surface area contributed by atoms with E-state index < -0.39 is 6.04 Å². The fraction of sp³-hybridized carbons (Fsp3) is 0.389. The first-order valence-electron chi connectivity index (χ1n) is 8.31. The van der Waals surface area contributed by atoms with E-state index in [0.717, 1.165) is 5.56 Å². The van der Waals surface area contributed by atoms with E-state index >= 15 is 0 Å².